The Balaban J connectivity index is 1.65. The summed E-state index contributed by atoms with van der Waals surface area (Å²) in [6.45, 7) is 5.61. The molecule has 2 heterocycles. The molecule has 0 saturated carbocycles. The fraction of sp³-hybridized carbons (Fsp3) is 0.600. The molecule has 0 aliphatic heterocycles. The van der Waals surface area contributed by atoms with E-state index < -0.39 is 17.4 Å². The molecule has 2 rings (SSSR count). The van der Waals surface area contributed by atoms with E-state index in [1.807, 2.05) is 29.6 Å². The maximum atomic E-state index is 11.2. The van der Waals surface area contributed by atoms with Gasteiger partial charge in [-0.15, -0.1) is 22.7 Å². The molecule has 2 aromatic heterocycles. The van der Waals surface area contributed by atoms with Crippen molar-refractivity contribution >= 4 is 34.6 Å². The standard InChI is InChI=1S/C25H36O4S2/c1-18(17-23(26)27)7-4-8-19-12-13-20(30-19)9-5-10-21-14-15-22(31-21)11-6-16-25(2,3)24(28)29/h12-15,18H,4-11,16-17H2,1-3H3,(H,26,27)(H,28,29). The monoisotopic (exact) mass is 464 g/mol. The zero-order chi connectivity index (χ0) is 22.9. The van der Waals surface area contributed by atoms with Crippen LogP contribution in [0.2, 0.25) is 0 Å². The van der Waals surface area contributed by atoms with Crippen molar-refractivity contribution in [1.29, 1.82) is 0 Å². The molecule has 0 fully saturated rings. The summed E-state index contributed by atoms with van der Waals surface area (Å²) in [6, 6.07) is 8.89. The van der Waals surface area contributed by atoms with Crippen molar-refractivity contribution in [2.45, 2.75) is 85.0 Å². The van der Waals surface area contributed by atoms with Crippen LogP contribution in [0.5, 0.6) is 0 Å². The van der Waals surface area contributed by atoms with Crippen LogP contribution in [0, 0.1) is 11.3 Å². The van der Waals surface area contributed by atoms with Crippen LogP contribution in [0.15, 0.2) is 24.3 Å². The molecule has 4 nitrogen and oxygen atoms in total. The van der Waals surface area contributed by atoms with Crippen LogP contribution in [0.3, 0.4) is 0 Å². The average Bonchev–Trinajstić information content (AvgIpc) is 3.30. The van der Waals surface area contributed by atoms with Crippen LogP contribution >= 0.6 is 22.7 Å². The SMILES string of the molecule is CC(CCCc1ccc(CCCc2ccc(CCCC(C)(C)C(=O)O)s2)s1)CC(=O)O. The molecule has 0 aliphatic carbocycles. The summed E-state index contributed by atoms with van der Waals surface area (Å²) in [4.78, 5) is 27.5. The third kappa shape index (κ3) is 9.56. The second kappa shape index (κ2) is 12.4. The summed E-state index contributed by atoms with van der Waals surface area (Å²) in [7, 11) is 0. The Labute approximate surface area is 194 Å². The predicted octanol–water partition coefficient (Wildman–Crippen LogP) is 6.85. The molecule has 2 N–H and O–H groups in total. The van der Waals surface area contributed by atoms with Gasteiger partial charge in [0.15, 0.2) is 0 Å². The second-order valence-corrected chi connectivity index (χ2v) is 11.7. The van der Waals surface area contributed by atoms with Gasteiger partial charge in [-0.3, -0.25) is 9.59 Å². The van der Waals surface area contributed by atoms with E-state index in [1.54, 1.807) is 13.8 Å². The molecular weight excluding hydrogens is 428 g/mol. The lowest BCUT2D eigenvalue weighted by molar-refractivity contribution is -0.147. The van der Waals surface area contributed by atoms with E-state index in [1.165, 1.54) is 19.5 Å². The molecule has 31 heavy (non-hydrogen) atoms. The molecule has 0 aliphatic rings. The van der Waals surface area contributed by atoms with Gasteiger partial charge in [-0.25, -0.2) is 0 Å². The first kappa shape index (κ1) is 25.6. The van der Waals surface area contributed by atoms with E-state index in [9.17, 15) is 14.7 Å². The highest BCUT2D eigenvalue weighted by Crippen LogP contribution is 2.27. The first-order valence-electron chi connectivity index (χ1n) is 11.3. The van der Waals surface area contributed by atoms with Crippen LogP contribution in [-0.4, -0.2) is 22.2 Å². The quantitative estimate of drug-likeness (QED) is 0.302. The van der Waals surface area contributed by atoms with E-state index in [4.69, 9.17) is 5.11 Å². The Morgan fingerprint density at radius 1 is 0.839 bits per heavy atom. The van der Waals surface area contributed by atoms with Gasteiger partial charge in [0.2, 0.25) is 0 Å². The zero-order valence-corrected chi connectivity index (χ0v) is 20.6. The van der Waals surface area contributed by atoms with E-state index >= 15 is 0 Å². The number of carboxylic acid groups (broad SMARTS) is 2. The van der Waals surface area contributed by atoms with Crippen molar-refractivity contribution in [3.05, 3.63) is 43.8 Å². The second-order valence-electron chi connectivity index (χ2n) is 9.23. The fourth-order valence-electron chi connectivity index (χ4n) is 3.66. The van der Waals surface area contributed by atoms with Gasteiger partial charge in [-0.1, -0.05) is 6.92 Å². The Bertz CT molecular complexity index is 834. The van der Waals surface area contributed by atoms with Crippen LogP contribution < -0.4 is 0 Å². The van der Waals surface area contributed by atoms with Crippen molar-refractivity contribution in [2.75, 3.05) is 0 Å². The fourth-order valence-corrected chi connectivity index (χ4v) is 5.86. The first-order valence-corrected chi connectivity index (χ1v) is 12.9. The molecule has 0 radical (unpaired) electrons. The largest absolute Gasteiger partial charge is 0.481 e. The van der Waals surface area contributed by atoms with Crippen molar-refractivity contribution in [1.82, 2.24) is 0 Å². The van der Waals surface area contributed by atoms with Gasteiger partial charge in [0.05, 0.1) is 5.41 Å². The summed E-state index contributed by atoms with van der Waals surface area (Å²) in [5.41, 5.74) is -0.642. The summed E-state index contributed by atoms with van der Waals surface area (Å²) in [5.74, 6) is -1.17. The molecule has 2 aromatic rings. The van der Waals surface area contributed by atoms with Crippen LogP contribution in [0.1, 0.15) is 78.8 Å². The summed E-state index contributed by atoms with van der Waals surface area (Å²) in [6.07, 6.45) is 9.22. The number of aryl methyl sites for hydroxylation is 4. The minimum absolute atomic E-state index is 0.247. The average molecular weight is 465 g/mol. The smallest absolute Gasteiger partial charge is 0.309 e. The number of aliphatic carboxylic acids is 2. The molecule has 0 spiro atoms. The van der Waals surface area contributed by atoms with Gasteiger partial charge in [-0.2, -0.15) is 0 Å². The first-order chi connectivity index (χ1) is 14.7. The van der Waals surface area contributed by atoms with Crippen LogP contribution in [0.4, 0.5) is 0 Å². The van der Waals surface area contributed by atoms with E-state index in [2.05, 4.69) is 24.3 Å². The van der Waals surface area contributed by atoms with Gasteiger partial charge in [0.25, 0.3) is 0 Å². The molecule has 0 bridgehead atoms. The molecule has 6 heteroatoms. The van der Waals surface area contributed by atoms with Gasteiger partial charge in [0, 0.05) is 25.9 Å². The van der Waals surface area contributed by atoms with Gasteiger partial charge in [0.1, 0.15) is 0 Å². The topological polar surface area (TPSA) is 74.6 Å². The van der Waals surface area contributed by atoms with Crippen LogP contribution in [0.25, 0.3) is 0 Å². The minimum Gasteiger partial charge on any atom is -0.481 e. The Morgan fingerprint density at radius 2 is 1.29 bits per heavy atom. The molecule has 172 valence electrons. The lowest BCUT2D eigenvalue weighted by Gasteiger charge is -2.18. The van der Waals surface area contributed by atoms with Crippen LogP contribution in [-0.2, 0) is 35.3 Å². The number of carboxylic acids is 2. The Morgan fingerprint density at radius 3 is 1.74 bits per heavy atom. The Kier molecular flexibility index (Phi) is 10.2. The van der Waals surface area contributed by atoms with Crippen molar-refractivity contribution in [3.8, 4) is 0 Å². The number of hydrogen-bond acceptors (Lipinski definition) is 4. The molecule has 0 amide bonds. The number of hydrogen-bond donors (Lipinski definition) is 2. The normalized spacial score (nSPS) is 12.7. The van der Waals surface area contributed by atoms with Crippen molar-refractivity contribution < 1.29 is 19.8 Å². The molecular formula is C25H36O4S2. The van der Waals surface area contributed by atoms with E-state index in [0.717, 1.165) is 51.4 Å². The zero-order valence-electron chi connectivity index (χ0n) is 19.0. The highest BCUT2D eigenvalue weighted by molar-refractivity contribution is 7.12. The molecule has 1 atom stereocenters. The number of rotatable bonds is 15. The van der Waals surface area contributed by atoms with E-state index in [0.29, 0.717) is 6.42 Å². The lowest BCUT2D eigenvalue weighted by atomic mass is 9.87. The van der Waals surface area contributed by atoms with Gasteiger partial charge < -0.3 is 10.2 Å². The summed E-state index contributed by atoms with van der Waals surface area (Å²) in [5, 5.41) is 18.1. The number of carbonyl (C=O) groups is 2. The third-order valence-electron chi connectivity index (χ3n) is 5.73. The summed E-state index contributed by atoms with van der Waals surface area (Å²) >= 11 is 3.76. The summed E-state index contributed by atoms with van der Waals surface area (Å²) < 4.78 is 0. The van der Waals surface area contributed by atoms with Crippen molar-refractivity contribution in [3.63, 3.8) is 0 Å². The molecule has 0 saturated heterocycles. The maximum absolute atomic E-state index is 11.2. The number of thiophene rings is 2. The Hall–Kier alpha value is -1.66. The lowest BCUT2D eigenvalue weighted by Crippen LogP contribution is -2.23. The minimum atomic E-state index is -0.719. The van der Waals surface area contributed by atoms with Gasteiger partial charge in [-0.05, 0) is 102 Å². The van der Waals surface area contributed by atoms with Gasteiger partial charge >= 0.3 is 11.9 Å². The molecule has 1 unspecified atom stereocenters. The third-order valence-corrected chi connectivity index (χ3v) is 8.14. The van der Waals surface area contributed by atoms with Crippen molar-refractivity contribution in [2.24, 2.45) is 11.3 Å². The molecule has 0 aromatic carbocycles. The highest BCUT2D eigenvalue weighted by atomic mass is 32.1. The predicted molar refractivity (Wildman–Crippen MR) is 129 cm³/mol. The maximum Gasteiger partial charge on any atom is 0.309 e. The van der Waals surface area contributed by atoms with E-state index in [-0.39, 0.29) is 12.3 Å². The highest BCUT2D eigenvalue weighted by Gasteiger charge is 2.26.